The van der Waals surface area contributed by atoms with E-state index in [1.807, 2.05) is 30.3 Å². The van der Waals surface area contributed by atoms with Crippen LogP contribution < -0.4 is 10.6 Å². The Morgan fingerprint density at radius 1 is 1.06 bits per heavy atom. The number of carbonyl (C=O) groups is 3. The van der Waals surface area contributed by atoms with Crippen LogP contribution in [0.15, 0.2) is 48.5 Å². The van der Waals surface area contributed by atoms with E-state index in [1.54, 1.807) is 52.8 Å². The van der Waals surface area contributed by atoms with Crippen molar-refractivity contribution in [3.63, 3.8) is 0 Å². The first kappa shape index (κ1) is 26.7. The number of phenolic OH excluding ortho intramolecular Hbond substituents is 1. The fourth-order valence-electron chi connectivity index (χ4n) is 3.50. The smallest absolute Gasteiger partial charge is 0.408 e. The number of carbonyl (C=O) groups excluding carboxylic acids is 3. The number of aryl methyl sites for hydroxylation is 1. The summed E-state index contributed by atoms with van der Waals surface area (Å²) in [6.07, 6.45) is -0.729. The maximum absolute atomic E-state index is 13.4. The van der Waals surface area contributed by atoms with E-state index in [0.717, 1.165) is 5.56 Å². The average molecular weight is 470 g/mol. The molecule has 0 saturated carbocycles. The molecule has 3 amide bonds. The van der Waals surface area contributed by atoms with E-state index >= 15 is 0 Å². The van der Waals surface area contributed by atoms with E-state index in [2.05, 4.69) is 10.6 Å². The maximum Gasteiger partial charge on any atom is 0.408 e. The molecule has 0 aliphatic rings. The first-order valence-corrected chi connectivity index (χ1v) is 11.3. The molecule has 0 aliphatic carbocycles. The number of nitrogens with one attached hydrogen (secondary N) is 2. The Kier molecular flexibility index (Phi) is 9.06. The highest BCUT2D eigenvalue weighted by Gasteiger charge is 2.35. The second-order valence-electron chi connectivity index (χ2n) is 9.11. The van der Waals surface area contributed by atoms with Crippen molar-refractivity contribution in [1.29, 1.82) is 0 Å². The lowest BCUT2D eigenvalue weighted by molar-refractivity contribution is -0.142. The minimum absolute atomic E-state index is 0.0543. The van der Waals surface area contributed by atoms with E-state index in [1.165, 1.54) is 11.8 Å². The predicted molar refractivity (Wildman–Crippen MR) is 130 cm³/mol. The van der Waals surface area contributed by atoms with Crippen LogP contribution in [0.3, 0.4) is 0 Å². The van der Waals surface area contributed by atoms with Crippen molar-refractivity contribution in [1.82, 2.24) is 15.5 Å². The molecule has 2 aromatic rings. The molecule has 0 heterocycles. The summed E-state index contributed by atoms with van der Waals surface area (Å²) in [6, 6.07) is 12.4. The van der Waals surface area contributed by atoms with Crippen molar-refractivity contribution < 1.29 is 24.2 Å². The fourth-order valence-corrected chi connectivity index (χ4v) is 3.50. The monoisotopic (exact) mass is 469 g/mol. The summed E-state index contributed by atoms with van der Waals surface area (Å²) in [6.45, 7) is 10.6. The van der Waals surface area contributed by atoms with Crippen molar-refractivity contribution in [3.05, 3.63) is 65.2 Å². The number of hydrogen-bond donors (Lipinski definition) is 3. The Hall–Kier alpha value is -3.55. The number of phenols is 1. The molecule has 0 aliphatic heterocycles. The molecule has 0 bridgehead atoms. The lowest BCUT2D eigenvalue weighted by Crippen LogP contribution is -2.51. The van der Waals surface area contributed by atoms with E-state index in [4.69, 9.17) is 4.74 Å². The van der Waals surface area contributed by atoms with Crippen LogP contribution in [0.2, 0.25) is 0 Å². The molecule has 2 unspecified atom stereocenters. The van der Waals surface area contributed by atoms with Crippen LogP contribution in [0.25, 0.3) is 0 Å². The topological polar surface area (TPSA) is 108 Å². The molecule has 8 nitrogen and oxygen atoms in total. The molecule has 0 spiro atoms. The van der Waals surface area contributed by atoms with Crippen LogP contribution in [-0.4, -0.2) is 46.1 Å². The number of likely N-dealkylation sites (N-methyl/N-ethyl adjacent to an activating group) is 1. The minimum atomic E-state index is -1.09. The minimum Gasteiger partial charge on any atom is -0.507 e. The zero-order chi connectivity index (χ0) is 25.5. The SMILES string of the molecule is CCN(C(=O)C(C)NC(=O)OC(C)(C)C)C(C(=O)NCc1ccccc1)c1cccc(C)c1O. The van der Waals surface area contributed by atoms with Gasteiger partial charge in [0, 0.05) is 18.7 Å². The van der Waals surface area contributed by atoms with Gasteiger partial charge in [-0.15, -0.1) is 0 Å². The highest BCUT2D eigenvalue weighted by atomic mass is 16.6. The third kappa shape index (κ3) is 7.23. The molecular weight excluding hydrogens is 434 g/mol. The zero-order valence-electron chi connectivity index (χ0n) is 20.7. The number of hydrogen-bond acceptors (Lipinski definition) is 5. The van der Waals surface area contributed by atoms with Gasteiger partial charge in [-0.05, 0) is 52.7 Å². The third-order valence-corrected chi connectivity index (χ3v) is 5.16. The van der Waals surface area contributed by atoms with Crippen LogP contribution >= 0.6 is 0 Å². The second kappa shape index (κ2) is 11.5. The summed E-state index contributed by atoms with van der Waals surface area (Å²) in [7, 11) is 0. The van der Waals surface area contributed by atoms with Gasteiger partial charge in [-0.1, -0.05) is 48.5 Å². The Balaban J connectivity index is 2.33. The van der Waals surface area contributed by atoms with Gasteiger partial charge in [-0.2, -0.15) is 0 Å². The van der Waals surface area contributed by atoms with E-state index in [9.17, 15) is 19.5 Å². The van der Waals surface area contributed by atoms with Gasteiger partial charge in [-0.3, -0.25) is 9.59 Å². The Bertz CT molecular complexity index is 1000. The van der Waals surface area contributed by atoms with Crippen molar-refractivity contribution in [2.45, 2.75) is 65.8 Å². The Morgan fingerprint density at radius 2 is 1.71 bits per heavy atom. The van der Waals surface area contributed by atoms with E-state index in [-0.39, 0.29) is 18.8 Å². The lowest BCUT2D eigenvalue weighted by Gasteiger charge is -2.33. The van der Waals surface area contributed by atoms with Crippen molar-refractivity contribution >= 4 is 17.9 Å². The summed E-state index contributed by atoms with van der Waals surface area (Å²) < 4.78 is 5.25. The van der Waals surface area contributed by atoms with Crippen LogP contribution in [0, 0.1) is 6.92 Å². The zero-order valence-corrected chi connectivity index (χ0v) is 20.7. The van der Waals surface area contributed by atoms with Gasteiger partial charge in [0.25, 0.3) is 0 Å². The molecule has 0 aromatic heterocycles. The average Bonchev–Trinajstić information content (AvgIpc) is 2.77. The number of para-hydroxylation sites is 1. The van der Waals surface area contributed by atoms with Crippen LogP contribution in [0.5, 0.6) is 5.75 Å². The number of benzene rings is 2. The molecule has 8 heteroatoms. The summed E-state index contributed by atoms with van der Waals surface area (Å²) in [5, 5.41) is 16.1. The summed E-state index contributed by atoms with van der Waals surface area (Å²) in [4.78, 5) is 40.3. The number of rotatable bonds is 8. The van der Waals surface area contributed by atoms with Gasteiger partial charge >= 0.3 is 6.09 Å². The second-order valence-corrected chi connectivity index (χ2v) is 9.11. The van der Waals surface area contributed by atoms with E-state index < -0.39 is 35.6 Å². The summed E-state index contributed by atoms with van der Waals surface area (Å²) >= 11 is 0. The van der Waals surface area contributed by atoms with Crippen LogP contribution in [-0.2, 0) is 20.9 Å². The molecule has 0 radical (unpaired) electrons. The van der Waals surface area contributed by atoms with Crippen LogP contribution in [0.4, 0.5) is 4.79 Å². The molecule has 34 heavy (non-hydrogen) atoms. The van der Waals surface area contributed by atoms with Gasteiger partial charge in [0.1, 0.15) is 23.4 Å². The van der Waals surface area contributed by atoms with Crippen molar-refractivity contribution in [2.24, 2.45) is 0 Å². The largest absolute Gasteiger partial charge is 0.507 e. The van der Waals surface area contributed by atoms with Crippen LogP contribution in [0.1, 0.15) is 57.4 Å². The number of ether oxygens (including phenoxy) is 1. The standard InChI is InChI=1S/C26H35N3O5/c1-7-29(24(32)18(3)28-25(33)34-26(4,5)6)21(20-15-11-12-17(2)22(20)30)23(31)27-16-19-13-9-8-10-14-19/h8-15,18,21,30H,7,16H2,1-6H3,(H,27,31)(H,28,33). The summed E-state index contributed by atoms with van der Waals surface area (Å²) in [5.41, 5.74) is 1.08. The first-order chi connectivity index (χ1) is 15.9. The Labute approximate surface area is 201 Å². The van der Waals surface area contributed by atoms with Gasteiger partial charge in [0.15, 0.2) is 0 Å². The Morgan fingerprint density at radius 3 is 2.29 bits per heavy atom. The number of amides is 3. The van der Waals surface area contributed by atoms with Gasteiger partial charge in [0.2, 0.25) is 11.8 Å². The van der Waals surface area contributed by atoms with Gasteiger partial charge < -0.3 is 25.4 Å². The molecule has 0 fully saturated rings. The van der Waals surface area contributed by atoms with Crippen molar-refractivity contribution in [2.75, 3.05) is 6.54 Å². The molecule has 2 atom stereocenters. The molecule has 3 N–H and O–H groups in total. The highest BCUT2D eigenvalue weighted by Crippen LogP contribution is 2.32. The summed E-state index contributed by atoms with van der Waals surface area (Å²) in [5.74, 6) is -0.972. The lowest BCUT2D eigenvalue weighted by atomic mass is 9.99. The maximum atomic E-state index is 13.4. The van der Waals surface area contributed by atoms with E-state index in [0.29, 0.717) is 11.1 Å². The number of alkyl carbamates (subject to hydrolysis) is 1. The number of aromatic hydroxyl groups is 1. The highest BCUT2D eigenvalue weighted by molar-refractivity contribution is 5.92. The first-order valence-electron chi connectivity index (χ1n) is 11.3. The van der Waals surface area contributed by atoms with Crippen molar-refractivity contribution in [3.8, 4) is 5.75 Å². The van der Waals surface area contributed by atoms with Gasteiger partial charge in [0.05, 0.1) is 0 Å². The molecule has 2 rings (SSSR count). The fraction of sp³-hybridized carbons (Fsp3) is 0.423. The third-order valence-electron chi connectivity index (χ3n) is 5.16. The number of nitrogens with zero attached hydrogens (tertiary/aromatic N) is 1. The molecule has 2 aromatic carbocycles. The van der Waals surface area contributed by atoms with Gasteiger partial charge in [-0.25, -0.2) is 4.79 Å². The predicted octanol–water partition coefficient (Wildman–Crippen LogP) is 3.82. The quantitative estimate of drug-likeness (QED) is 0.545. The molecular formula is C26H35N3O5. The normalized spacial score (nSPS) is 12.9. The molecule has 184 valence electrons. The molecule has 0 saturated heterocycles.